The number of thiazole rings is 1. The van der Waals surface area contributed by atoms with Crippen LogP contribution < -0.4 is 5.32 Å². The maximum Gasteiger partial charge on any atom is 0.340 e. The molecule has 0 fully saturated rings. The van der Waals surface area contributed by atoms with Crippen LogP contribution in [-0.2, 0) is 19.4 Å². The SMILES string of the molecule is Cc1cc(C(=O)OCC(=O)Nc2ncc(S(=O)(=O)c3ccc([N+](=O)[O-])cc3)s2)c(C)n1-c1ccccc1. The fourth-order valence-electron chi connectivity index (χ4n) is 3.61. The molecule has 0 bridgehead atoms. The molecule has 11 nitrogen and oxygen atoms in total. The Labute approximate surface area is 215 Å². The number of benzene rings is 2. The van der Waals surface area contributed by atoms with E-state index in [1.165, 1.54) is 0 Å². The predicted octanol–water partition coefficient (Wildman–Crippen LogP) is 4.09. The van der Waals surface area contributed by atoms with Crippen LogP contribution >= 0.6 is 11.3 Å². The normalized spacial score (nSPS) is 11.2. The summed E-state index contributed by atoms with van der Waals surface area (Å²) in [5.74, 6) is -1.37. The first kappa shape index (κ1) is 25.7. The highest BCUT2D eigenvalue weighted by Crippen LogP contribution is 2.29. The Morgan fingerprint density at radius 2 is 1.78 bits per heavy atom. The molecular formula is C24H20N4O7S2. The van der Waals surface area contributed by atoms with E-state index in [9.17, 15) is 28.1 Å². The third-order valence-corrected chi connectivity index (χ3v) is 8.50. The average molecular weight is 541 g/mol. The Bertz CT molecular complexity index is 1590. The molecule has 0 saturated heterocycles. The third kappa shape index (κ3) is 5.42. The molecule has 190 valence electrons. The third-order valence-electron chi connectivity index (χ3n) is 5.35. The van der Waals surface area contributed by atoms with E-state index in [0.29, 0.717) is 22.6 Å². The van der Waals surface area contributed by atoms with Gasteiger partial charge in [-0.15, -0.1) is 0 Å². The number of nitrogens with zero attached hydrogens (tertiary/aromatic N) is 3. The number of anilines is 1. The summed E-state index contributed by atoms with van der Waals surface area (Å²) < 4.78 is 32.4. The second-order valence-corrected chi connectivity index (χ2v) is 11.0. The zero-order valence-electron chi connectivity index (χ0n) is 19.6. The summed E-state index contributed by atoms with van der Waals surface area (Å²) in [5.41, 5.74) is 2.45. The Morgan fingerprint density at radius 1 is 1.11 bits per heavy atom. The van der Waals surface area contributed by atoms with Crippen LogP contribution in [0.2, 0.25) is 0 Å². The van der Waals surface area contributed by atoms with Gasteiger partial charge in [-0.3, -0.25) is 20.2 Å². The summed E-state index contributed by atoms with van der Waals surface area (Å²) in [6.07, 6.45) is 1.07. The van der Waals surface area contributed by atoms with Crippen LogP contribution in [0.4, 0.5) is 10.8 Å². The lowest BCUT2D eigenvalue weighted by Gasteiger charge is -2.09. The minimum atomic E-state index is -3.99. The van der Waals surface area contributed by atoms with Gasteiger partial charge in [-0.05, 0) is 44.2 Å². The van der Waals surface area contributed by atoms with Gasteiger partial charge in [0, 0.05) is 29.2 Å². The van der Waals surface area contributed by atoms with Gasteiger partial charge in [0.2, 0.25) is 9.84 Å². The van der Waals surface area contributed by atoms with E-state index in [-0.39, 0.29) is 19.9 Å². The smallest absolute Gasteiger partial charge is 0.340 e. The number of hydrogen-bond acceptors (Lipinski definition) is 9. The average Bonchev–Trinajstić information content (AvgIpc) is 3.47. The molecule has 0 aliphatic carbocycles. The predicted molar refractivity (Wildman–Crippen MR) is 135 cm³/mol. The van der Waals surface area contributed by atoms with Gasteiger partial charge in [0.15, 0.2) is 11.7 Å². The van der Waals surface area contributed by atoms with Gasteiger partial charge in [-0.25, -0.2) is 18.2 Å². The zero-order chi connectivity index (χ0) is 26.7. The quantitative estimate of drug-likeness (QED) is 0.199. The van der Waals surface area contributed by atoms with Crippen LogP contribution in [0.25, 0.3) is 5.69 Å². The molecular weight excluding hydrogens is 520 g/mol. The second-order valence-electron chi connectivity index (χ2n) is 7.82. The number of nitrogens with one attached hydrogen (secondary N) is 1. The maximum absolute atomic E-state index is 12.8. The van der Waals surface area contributed by atoms with Crippen LogP contribution in [-0.4, -0.2) is 41.4 Å². The van der Waals surface area contributed by atoms with Crippen molar-refractivity contribution in [1.29, 1.82) is 0 Å². The number of esters is 1. The minimum Gasteiger partial charge on any atom is -0.452 e. The van der Waals surface area contributed by atoms with Crippen molar-refractivity contribution in [3.05, 3.63) is 93.9 Å². The number of aryl methyl sites for hydroxylation is 1. The first-order chi connectivity index (χ1) is 17.6. The zero-order valence-corrected chi connectivity index (χ0v) is 21.2. The molecule has 4 aromatic rings. The van der Waals surface area contributed by atoms with Gasteiger partial charge in [0.1, 0.15) is 4.21 Å². The standard InChI is InChI=1S/C24H20N4O7S2/c1-15-12-20(16(2)27(15)17-6-4-3-5-7-17)23(30)35-14-21(29)26-24-25-13-22(36-24)37(33,34)19-10-8-18(9-11-19)28(31)32/h3-13H,14H2,1-2H3,(H,25,26,29). The second kappa shape index (κ2) is 10.3. The molecule has 2 heterocycles. The number of rotatable bonds is 8. The fourth-order valence-corrected chi connectivity index (χ4v) is 6.06. The molecule has 4 rings (SSSR count). The van der Waals surface area contributed by atoms with E-state index in [0.717, 1.165) is 41.8 Å². The number of non-ortho nitro benzene ring substituents is 1. The van der Waals surface area contributed by atoms with Gasteiger partial charge in [-0.2, -0.15) is 0 Å². The minimum absolute atomic E-state index is 0.0104. The van der Waals surface area contributed by atoms with E-state index >= 15 is 0 Å². The van der Waals surface area contributed by atoms with Crippen molar-refractivity contribution >= 4 is 43.9 Å². The molecule has 0 spiro atoms. The molecule has 0 aliphatic rings. The lowest BCUT2D eigenvalue weighted by atomic mass is 10.2. The monoisotopic (exact) mass is 540 g/mol. The van der Waals surface area contributed by atoms with Crippen molar-refractivity contribution in [2.45, 2.75) is 23.0 Å². The van der Waals surface area contributed by atoms with Gasteiger partial charge in [-0.1, -0.05) is 29.5 Å². The Hall–Kier alpha value is -4.36. The van der Waals surface area contributed by atoms with E-state index in [4.69, 9.17) is 4.74 Å². The summed E-state index contributed by atoms with van der Waals surface area (Å²) in [6, 6.07) is 15.6. The molecule has 13 heteroatoms. The van der Waals surface area contributed by atoms with Gasteiger partial charge < -0.3 is 9.30 Å². The maximum atomic E-state index is 12.8. The van der Waals surface area contributed by atoms with Crippen LogP contribution in [0, 0.1) is 24.0 Å². The Kier molecular flexibility index (Phi) is 7.18. The number of hydrogen-bond donors (Lipinski definition) is 1. The molecule has 0 aliphatic heterocycles. The summed E-state index contributed by atoms with van der Waals surface area (Å²) in [7, 11) is -3.99. The van der Waals surface area contributed by atoms with Crippen molar-refractivity contribution in [2.24, 2.45) is 0 Å². The number of carbonyl (C=O) groups is 2. The first-order valence-corrected chi connectivity index (χ1v) is 13.0. The van der Waals surface area contributed by atoms with Gasteiger partial charge in [0.05, 0.1) is 21.6 Å². The van der Waals surface area contributed by atoms with Gasteiger partial charge >= 0.3 is 5.97 Å². The van der Waals surface area contributed by atoms with E-state index < -0.39 is 33.2 Å². The summed E-state index contributed by atoms with van der Waals surface area (Å²) >= 11 is 0.701. The summed E-state index contributed by atoms with van der Waals surface area (Å²) in [4.78, 5) is 38.8. The Morgan fingerprint density at radius 3 is 2.43 bits per heavy atom. The summed E-state index contributed by atoms with van der Waals surface area (Å²) in [5, 5.41) is 13.2. The van der Waals surface area contributed by atoms with E-state index in [1.807, 2.05) is 41.8 Å². The van der Waals surface area contributed by atoms with Crippen LogP contribution in [0.1, 0.15) is 21.7 Å². The molecule has 0 saturated carbocycles. The van der Waals surface area contributed by atoms with Crippen LogP contribution in [0.5, 0.6) is 0 Å². The lowest BCUT2D eigenvalue weighted by molar-refractivity contribution is -0.384. The van der Waals surface area contributed by atoms with Crippen molar-refractivity contribution in [3.8, 4) is 5.69 Å². The van der Waals surface area contributed by atoms with Crippen LogP contribution in [0.15, 0.2) is 76.0 Å². The number of nitro benzene ring substituents is 1. The van der Waals surface area contributed by atoms with Crippen molar-refractivity contribution in [2.75, 3.05) is 11.9 Å². The highest BCUT2D eigenvalue weighted by molar-refractivity contribution is 7.93. The molecule has 0 atom stereocenters. The van der Waals surface area contributed by atoms with E-state index in [1.54, 1.807) is 13.0 Å². The molecule has 0 radical (unpaired) electrons. The lowest BCUT2D eigenvalue weighted by Crippen LogP contribution is -2.21. The number of nitro groups is 1. The topological polar surface area (TPSA) is 151 Å². The van der Waals surface area contributed by atoms with Crippen molar-refractivity contribution < 1.29 is 27.7 Å². The number of amides is 1. The van der Waals surface area contributed by atoms with Gasteiger partial charge in [0.25, 0.3) is 11.6 Å². The molecule has 0 unspecified atom stereocenters. The summed E-state index contributed by atoms with van der Waals surface area (Å²) in [6.45, 7) is 3.03. The molecule has 37 heavy (non-hydrogen) atoms. The van der Waals surface area contributed by atoms with Crippen LogP contribution in [0.3, 0.4) is 0 Å². The molecule has 2 aromatic carbocycles. The largest absolute Gasteiger partial charge is 0.452 e. The van der Waals surface area contributed by atoms with Crippen molar-refractivity contribution in [3.63, 3.8) is 0 Å². The molecule has 1 amide bonds. The number of sulfone groups is 1. The highest BCUT2D eigenvalue weighted by atomic mass is 32.2. The first-order valence-electron chi connectivity index (χ1n) is 10.7. The van der Waals surface area contributed by atoms with E-state index in [2.05, 4.69) is 10.3 Å². The number of para-hydroxylation sites is 1. The highest BCUT2D eigenvalue weighted by Gasteiger charge is 2.23. The Balaban J connectivity index is 1.39. The molecule has 1 N–H and O–H groups in total. The fraction of sp³-hybridized carbons (Fsp3) is 0.125. The number of carbonyl (C=O) groups excluding carboxylic acids is 2. The number of ether oxygens (including phenoxy) is 1. The number of aromatic nitrogens is 2. The van der Waals surface area contributed by atoms with Crippen molar-refractivity contribution in [1.82, 2.24) is 9.55 Å². The molecule has 2 aromatic heterocycles.